The number of carbonyl (C=O) groups excluding carboxylic acids is 4. The largest absolute Gasteiger partial charge is 5.00 e. The van der Waals surface area contributed by atoms with Gasteiger partial charge in [-0.3, -0.25) is 0 Å². The Kier molecular flexibility index (Phi) is 20.0. The van der Waals surface area contributed by atoms with Crippen LogP contribution in [0.5, 0.6) is 0 Å². The van der Waals surface area contributed by atoms with Crippen LogP contribution in [0.15, 0.2) is 99.2 Å². The number of nitrogens with zero attached hydrogens (tertiary/aromatic N) is 8. The molecule has 6 aromatic heterocycles. The minimum Gasteiger partial charge on any atom is -0.657 e. The number of hydrogen-bond acceptors (Lipinski definition) is 12. The fraction of sp³-hybridized carbons (Fsp3) is 0.235. The molecule has 4 aliphatic heterocycles. The minimum atomic E-state index is -1.16. The van der Waals surface area contributed by atoms with Gasteiger partial charge < -0.3 is 59.5 Å². The molecule has 4 aliphatic rings. The maximum absolute atomic E-state index is 11.4. The molecule has 0 unspecified atom stereocenters. The Morgan fingerprint density at radius 3 is 0.744 bits per heavy atom. The smallest absolute Gasteiger partial charge is 0.657 e. The summed E-state index contributed by atoms with van der Waals surface area (Å²) >= 11 is 0. The van der Waals surface area contributed by atoms with E-state index in [0.717, 1.165) is 123 Å². The van der Waals surface area contributed by atoms with E-state index in [-0.39, 0.29) is 85.5 Å². The molecular formula is C68H60Fe2N8O8+2. The first kappa shape index (κ1) is 64.6. The van der Waals surface area contributed by atoms with Gasteiger partial charge in [0.25, 0.3) is 0 Å². The molecule has 16 bridgehead atoms. The number of aliphatic carboxylic acids is 4. The predicted octanol–water partition coefficient (Wildman–Crippen LogP) is 7.57. The molecule has 434 valence electrons. The van der Waals surface area contributed by atoms with Gasteiger partial charge >= 0.3 is 34.1 Å². The van der Waals surface area contributed by atoms with Crippen LogP contribution in [0.3, 0.4) is 0 Å². The van der Waals surface area contributed by atoms with Crippen molar-refractivity contribution >= 4 is 113 Å². The Labute approximate surface area is 519 Å². The summed E-state index contributed by atoms with van der Waals surface area (Å²) in [5, 5.41) is 45.6. The van der Waals surface area contributed by atoms with Crippen LogP contribution in [0.25, 0.3) is 88.7 Å². The molecule has 86 heavy (non-hydrogen) atoms. The zero-order valence-electron chi connectivity index (χ0n) is 49.0. The average molecular weight is 1230 g/mol. The molecule has 0 aliphatic carbocycles. The van der Waals surface area contributed by atoms with Crippen molar-refractivity contribution in [3.63, 3.8) is 0 Å². The molecule has 0 N–H and O–H groups in total. The third-order valence-corrected chi connectivity index (χ3v) is 16.1. The predicted molar refractivity (Wildman–Crippen MR) is 321 cm³/mol. The van der Waals surface area contributed by atoms with Crippen molar-refractivity contribution in [2.45, 2.75) is 107 Å². The van der Waals surface area contributed by atoms with Crippen molar-refractivity contribution < 1.29 is 73.7 Å². The fourth-order valence-corrected chi connectivity index (χ4v) is 11.2. The van der Waals surface area contributed by atoms with Crippen molar-refractivity contribution in [1.29, 1.82) is 0 Å². The van der Waals surface area contributed by atoms with Crippen molar-refractivity contribution in [2.75, 3.05) is 0 Å². The van der Waals surface area contributed by atoms with Crippen LogP contribution in [-0.4, -0.2) is 43.8 Å². The first-order valence-electron chi connectivity index (χ1n) is 27.4. The maximum atomic E-state index is 11.4. The number of carbonyl (C=O) groups is 4. The number of hydrogen-bond donors (Lipinski definition) is 0. The Morgan fingerprint density at radius 1 is 0.337 bits per heavy atom. The first-order chi connectivity index (χ1) is 40.0. The molecule has 0 saturated heterocycles. The van der Waals surface area contributed by atoms with Crippen LogP contribution in [0.2, 0.25) is 0 Å². The van der Waals surface area contributed by atoms with Gasteiger partial charge in [-0.05, 0) is 141 Å². The zero-order valence-corrected chi connectivity index (χ0v) is 51.2. The monoisotopic (exact) mass is 1230 g/mol. The van der Waals surface area contributed by atoms with Crippen LogP contribution in [0.1, 0.15) is 143 Å². The van der Waals surface area contributed by atoms with Gasteiger partial charge in [0.15, 0.2) is 0 Å². The average Bonchev–Trinajstić information content (AvgIpc) is 2.37. The molecule has 2 radical (unpaired) electrons. The zero-order chi connectivity index (χ0) is 60.6. The Balaban J connectivity index is 0.000000240. The van der Waals surface area contributed by atoms with Crippen molar-refractivity contribution in [3.8, 4) is 0 Å². The Morgan fingerprint density at radius 2 is 0.535 bits per heavy atom. The SMILES string of the molecule is C=CC1=C(C)c2cc3[n-]c(cc4[n-]c(cc5nc(cc1n2)C(C)=C5C=C)c(C)c4CCC(=O)[O-])c(CCC(=O)[O-])c3C.C=CC1=C(C)c2cc3[n-]c(cc4[n-]c(cc5nc(cc1n2)C(C)=C5C=C)c(C)c4CCC(=O)[O-])c(CCC(=O)[O-])c3C.[Fe+5].[Fe+5]. The van der Waals surface area contributed by atoms with Gasteiger partial charge in [0.1, 0.15) is 0 Å². The van der Waals surface area contributed by atoms with Crippen molar-refractivity contribution in [1.82, 2.24) is 39.9 Å². The molecule has 0 amide bonds. The van der Waals surface area contributed by atoms with E-state index in [1.807, 2.05) is 91.8 Å². The second-order valence-corrected chi connectivity index (χ2v) is 21.1. The van der Waals surface area contributed by atoms with Crippen LogP contribution < -0.4 is 40.4 Å². The van der Waals surface area contributed by atoms with Gasteiger partial charge in [0.05, 0.1) is 45.6 Å². The molecule has 16 nitrogen and oxygen atoms in total. The quantitative estimate of drug-likeness (QED) is 0.0845. The Hall–Kier alpha value is -8.92. The molecule has 10 rings (SSSR count). The van der Waals surface area contributed by atoms with E-state index in [2.05, 4.69) is 26.3 Å². The van der Waals surface area contributed by atoms with E-state index < -0.39 is 23.9 Å². The number of fused-ring (bicyclic) bond motifs is 16. The number of allylic oxidation sites excluding steroid dienone is 12. The van der Waals surface area contributed by atoms with E-state index in [9.17, 15) is 39.6 Å². The third kappa shape index (κ3) is 12.8. The fourth-order valence-electron chi connectivity index (χ4n) is 11.2. The second-order valence-electron chi connectivity index (χ2n) is 21.1. The Bertz CT molecular complexity index is 4130. The summed E-state index contributed by atoms with van der Waals surface area (Å²) in [5.74, 6) is -4.62. The number of carboxylic acids is 4. The molecular weight excluding hydrogens is 1170 g/mol. The van der Waals surface area contributed by atoms with Crippen molar-refractivity contribution in [3.05, 3.63) is 189 Å². The molecule has 18 heteroatoms. The molecule has 10 heterocycles. The first-order valence-corrected chi connectivity index (χ1v) is 27.4. The maximum Gasteiger partial charge on any atom is 5.00 e. The molecule has 6 aromatic rings. The van der Waals surface area contributed by atoms with Gasteiger partial charge in [-0.25, -0.2) is 19.9 Å². The summed E-state index contributed by atoms with van der Waals surface area (Å²) in [4.78, 5) is 84.8. The van der Waals surface area contributed by atoms with Crippen LogP contribution >= 0.6 is 0 Å². The van der Waals surface area contributed by atoms with E-state index in [4.69, 9.17) is 39.9 Å². The minimum absolute atomic E-state index is 0. The summed E-state index contributed by atoms with van der Waals surface area (Å²) in [6, 6.07) is 15.0. The summed E-state index contributed by atoms with van der Waals surface area (Å²) in [7, 11) is 0. The molecule has 0 atom stereocenters. The molecule has 0 spiro atoms. The second kappa shape index (κ2) is 26.6. The van der Waals surface area contributed by atoms with Crippen LogP contribution in [0, 0.1) is 27.7 Å². The van der Waals surface area contributed by atoms with E-state index in [1.54, 1.807) is 36.4 Å². The van der Waals surface area contributed by atoms with E-state index in [1.165, 1.54) is 0 Å². The van der Waals surface area contributed by atoms with Crippen LogP contribution in [0.4, 0.5) is 0 Å². The summed E-state index contributed by atoms with van der Waals surface area (Å²) < 4.78 is 0. The molecule has 0 fully saturated rings. The molecule has 0 aromatic carbocycles. The van der Waals surface area contributed by atoms with E-state index >= 15 is 0 Å². The number of aromatic nitrogens is 8. The topological polar surface area (TPSA) is 268 Å². The van der Waals surface area contributed by atoms with E-state index in [0.29, 0.717) is 55.5 Å². The standard InChI is InChI=1S/2C34H34N4O4.2Fe/c2*1-7-21-17(3)25-13-26-19(5)23(9-11-33(39)40)31(37-26)16-32-24(10-12-34(41)42)20(6)28(38-32)15-30-22(8-2)18(4)27(36-30)14-29(21)35-25;;/h2*7-8,13-16H,1-2,9-12H2,3-6H3,(H4,35,36,37,38,39,40,41,42);;/q;;2*+5/p-8. The summed E-state index contributed by atoms with van der Waals surface area (Å²) in [6.45, 7) is 31.6. The number of aryl methyl sites for hydroxylation is 8. The third-order valence-electron chi connectivity index (χ3n) is 16.1. The number of carboxylic acid groups (broad SMARTS) is 4. The van der Waals surface area contributed by atoms with Crippen molar-refractivity contribution in [2.24, 2.45) is 0 Å². The number of rotatable bonds is 16. The van der Waals surface area contributed by atoms with Crippen LogP contribution in [-0.2, 0) is 79.0 Å². The normalized spacial score (nSPS) is 12.7. The van der Waals surface area contributed by atoms with Gasteiger partial charge in [-0.1, -0.05) is 132 Å². The van der Waals surface area contributed by atoms with Gasteiger partial charge in [-0.2, -0.15) is 0 Å². The summed E-state index contributed by atoms with van der Waals surface area (Å²) in [5.41, 5.74) is 24.3. The van der Waals surface area contributed by atoms with Gasteiger partial charge in [-0.15, -0.1) is 44.1 Å². The summed E-state index contributed by atoms with van der Waals surface area (Å²) in [6.07, 6.45) is 7.30. The molecule has 0 saturated carbocycles. The van der Waals surface area contributed by atoms with Gasteiger partial charge in [0.2, 0.25) is 0 Å². The van der Waals surface area contributed by atoms with Gasteiger partial charge in [0, 0.05) is 46.2 Å².